The summed E-state index contributed by atoms with van der Waals surface area (Å²) in [6, 6.07) is 12.0. The Morgan fingerprint density at radius 3 is 2.53 bits per heavy atom. The van der Waals surface area contributed by atoms with E-state index in [1.165, 1.54) is 6.20 Å². The Balaban J connectivity index is 2.37. The molecule has 0 radical (unpaired) electrons. The fraction of sp³-hybridized carbons (Fsp3) is 0.0769. The normalized spacial score (nSPS) is 11.5. The van der Waals surface area contributed by atoms with E-state index in [1.807, 2.05) is 19.1 Å². The fourth-order valence-electron chi connectivity index (χ4n) is 1.38. The molecule has 1 aromatic carbocycles. The highest BCUT2D eigenvalue weighted by Gasteiger charge is 2.02. The van der Waals surface area contributed by atoms with Gasteiger partial charge in [0.15, 0.2) is 5.49 Å². The number of pyridine rings is 1. The summed E-state index contributed by atoms with van der Waals surface area (Å²) in [4.78, 5) is 15.6. The first-order chi connectivity index (χ1) is 8.16. The number of aryl methyl sites for hydroxylation is 1. The lowest BCUT2D eigenvalue weighted by atomic mass is 10.1. The van der Waals surface area contributed by atoms with Crippen LogP contribution in [0.2, 0.25) is 0 Å². The van der Waals surface area contributed by atoms with Gasteiger partial charge in [-0.25, -0.2) is 0 Å². The Morgan fingerprint density at radius 2 is 1.88 bits per heavy atom. The summed E-state index contributed by atoms with van der Waals surface area (Å²) in [7, 11) is 0. The maximum Gasteiger partial charge on any atom is 0.279 e. The van der Waals surface area contributed by atoms with Gasteiger partial charge in [0.2, 0.25) is 0 Å². The maximum atomic E-state index is 11.8. The molecule has 0 fully saturated rings. The minimum Gasteiger partial charge on any atom is -0.427 e. The van der Waals surface area contributed by atoms with Crippen LogP contribution >= 0.6 is 0 Å². The van der Waals surface area contributed by atoms with E-state index in [9.17, 15) is 10.0 Å². The van der Waals surface area contributed by atoms with Gasteiger partial charge in [-0.15, -0.1) is 0 Å². The zero-order valence-electron chi connectivity index (χ0n) is 9.37. The maximum absolute atomic E-state index is 11.8. The summed E-state index contributed by atoms with van der Waals surface area (Å²) in [5.74, 6) is -0.376. The number of hydrogen-bond acceptors (Lipinski definition) is 2. The SMILES string of the molecule is Cc1ccc(C(=O)N=c2ccccn2O)cc1. The van der Waals surface area contributed by atoms with Crippen LogP contribution in [0.25, 0.3) is 0 Å². The first-order valence-corrected chi connectivity index (χ1v) is 5.19. The van der Waals surface area contributed by atoms with Crippen molar-refractivity contribution in [2.45, 2.75) is 6.92 Å². The molecular formula is C13H12N2O2. The average Bonchev–Trinajstić information content (AvgIpc) is 2.33. The highest BCUT2D eigenvalue weighted by molar-refractivity contribution is 5.94. The molecule has 0 aliphatic carbocycles. The van der Waals surface area contributed by atoms with Gasteiger partial charge in [-0.3, -0.25) is 4.79 Å². The second kappa shape index (κ2) is 4.65. The van der Waals surface area contributed by atoms with Gasteiger partial charge in [0.1, 0.15) is 0 Å². The number of rotatable bonds is 1. The van der Waals surface area contributed by atoms with Crippen molar-refractivity contribution in [2.75, 3.05) is 0 Å². The lowest BCUT2D eigenvalue weighted by Crippen LogP contribution is -2.19. The van der Waals surface area contributed by atoms with Crippen LogP contribution in [0.4, 0.5) is 0 Å². The molecule has 0 saturated heterocycles. The zero-order chi connectivity index (χ0) is 12.3. The molecule has 0 unspecified atom stereocenters. The van der Waals surface area contributed by atoms with E-state index in [4.69, 9.17) is 0 Å². The van der Waals surface area contributed by atoms with Crippen LogP contribution in [0.3, 0.4) is 0 Å². The van der Waals surface area contributed by atoms with Crippen molar-refractivity contribution in [3.63, 3.8) is 0 Å². The molecule has 86 valence electrons. The number of aromatic nitrogens is 1. The molecule has 1 heterocycles. The summed E-state index contributed by atoms with van der Waals surface area (Å²) in [6.07, 6.45) is 1.42. The van der Waals surface area contributed by atoms with Crippen LogP contribution in [0.5, 0.6) is 0 Å². The molecule has 2 aromatic rings. The minimum atomic E-state index is -0.376. The topological polar surface area (TPSA) is 54.6 Å². The summed E-state index contributed by atoms with van der Waals surface area (Å²) in [5.41, 5.74) is 1.79. The molecule has 0 saturated carbocycles. The van der Waals surface area contributed by atoms with Gasteiger partial charge < -0.3 is 5.21 Å². The highest BCUT2D eigenvalue weighted by Crippen LogP contribution is 2.04. The number of hydrogen-bond donors (Lipinski definition) is 1. The molecule has 4 heteroatoms. The van der Waals surface area contributed by atoms with E-state index in [0.717, 1.165) is 10.3 Å². The van der Waals surface area contributed by atoms with Crippen LogP contribution < -0.4 is 5.49 Å². The fourth-order valence-corrected chi connectivity index (χ4v) is 1.38. The van der Waals surface area contributed by atoms with Gasteiger partial charge in [-0.05, 0) is 31.2 Å². The third-order valence-corrected chi connectivity index (χ3v) is 2.33. The molecule has 4 nitrogen and oxygen atoms in total. The molecule has 0 aliphatic rings. The lowest BCUT2D eigenvalue weighted by molar-refractivity contribution is 0.0988. The van der Waals surface area contributed by atoms with E-state index in [0.29, 0.717) is 5.56 Å². The van der Waals surface area contributed by atoms with E-state index in [1.54, 1.807) is 30.3 Å². The third-order valence-electron chi connectivity index (χ3n) is 2.33. The first-order valence-electron chi connectivity index (χ1n) is 5.19. The van der Waals surface area contributed by atoms with Gasteiger partial charge in [-0.1, -0.05) is 23.8 Å². The van der Waals surface area contributed by atoms with Crippen molar-refractivity contribution in [1.82, 2.24) is 4.73 Å². The molecule has 1 N–H and O–H groups in total. The van der Waals surface area contributed by atoms with Gasteiger partial charge >= 0.3 is 0 Å². The molecule has 0 atom stereocenters. The first kappa shape index (κ1) is 11.1. The number of carbonyl (C=O) groups is 1. The van der Waals surface area contributed by atoms with Crippen LogP contribution in [-0.4, -0.2) is 15.8 Å². The number of amides is 1. The van der Waals surface area contributed by atoms with Crippen molar-refractivity contribution >= 4 is 5.91 Å². The molecule has 2 rings (SSSR count). The predicted molar refractivity (Wildman–Crippen MR) is 62.7 cm³/mol. The van der Waals surface area contributed by atoms with Crippen molar-refractivity contribution < 1.29 is 10.0 Å². The van der Waals surface area contributed by atoms with Crippen LogP contribution in [0.1, 0.15) is 15.9 Å². The van der Waals surface area contributed by atoms with Gasteiger partial charge in [0.05, 0.1) is 0 Å². The Hall–Kier alpha value is -2.36. The second-order valence-corrected chi connectivity index (χ2v) is 3.69. The van der Waals surface area contributed by atoms with Gasteiger partial charge in [0, 0.05) is 11.8 Å². The summed E-state index contributed by atoms with van der Waals surface area (Å²) in [5, 5.41) is 9.42. The molecule has 17 heavy (non-hydrogen) atoms. The van der Waals surface area contributed by atoms with Crippen LogP contribution in [0, 0.1) is 6.92 Å². The smallest absolute Gasteiger partial charge is 0.279 e. The number of nitrogens with zero attached hydrogens (tertiary/aromatic N) is 2. The van der Waals surface area contributed by atoms with E-state index < -0.39 is 0 Å². The van der Waals surface area contributed by atoms with E-state index >= 15 is 0 Å². The highest BCUT2D eigenvalue weighted by atomic mass is 16.5. The summed E-state index contributed by atoms with van der Waals surface area (Å²) in [6.45, 7) is 1.95. The van der Waals surface area contributed by atoms with Crippen LogP contribution in [-0.2, 0) is 0 Å². The zero-order valence-corrected chi connectivity index (χ0v) is 9.37. The molecule has 0 bridgehead atoms. The standard InChI is InChI=1S/C13H12N2O2/c1-10-5-7-11(8-6-10)13(16)14-12-4-2-3-9-15(12)17/h2-9,17H,1H3. The Morgan fingerprint density at radius 1 is 1.18 bits per heavy atom. The molecular weight excluding hydrogens is 216 g/mol. The average molecular weight is 228 g/mol. The number of carbonyl (C=O) groups excluding carboxylic acids is 1. The van der Waals surface area contributed by atoms with Gasteiger partial charge in [-0.2, -0.15) is 9.72 Å². The van der Waals surface area contributed by atoms with E-state index in [2.05, 4.69) is 4.99 Å². The molecule has 0 aliphatic heterocycles. The monoisotopic (exact) mass is 228 g/mol. The second-order valence-electron chi connectivity index (χ2n) is 3.69. The Labute approximate surface area is 98.5 Å². The third kappa shape index (κ3) is 2.60. The Kier molecular flexibility index (Phi) is 3.05. The number of benzene rings is 1. The molecule has 1 aromatic heterocycles. The van der Waals surface area contributed by atoms with E-state index in [-0.39, 0.29) is 11.4 Å². The molecule has 0 spiro atoms. The van der Waals surface area contributed by atoms with Crippen molar-refractivity contribution in [3.05, 3.63) is 65.3 Å². The summed E-state index contributed by atoms with van der Waals surface area (Å²) >= 11 is 0. The van der Waals surface area contributed by atoms with Crippen LogP contribution in [0.15, 0.2) is 53.7 Å². The van der Waals surface area contributed by atoms with Gasteiger partial charge in [0.25, 0.3) is 5.91 Å². The van der Waals surface area contributed by atoms with Crippen molar-refractivity contribution in [2.24, 2.45) is 4.99 Å². The Bertz CT molecular complexity index is 597. The quantitative estimate of drug-likeness (QED) is 0.756. The lowest BCUT2D eigenvalue weighted by Gasteiger charge is -1.98. The van der Waals surface area contributed by atoms with Crippen molar-refractivity contribution in [1.29, 1.82) is 0 Å². The minimum absolute atomic E-state index is 0.207. The largest absolute Gasteiger partial charge is 0.427 e. The summed E-state index contributed by atoms with van der Waals surface area (Å²) < 4.78 is 0.812. The molecule has 1 amide bonds. The van der Waals surface area contributed by atoms with Crippen molar-refractivity contribution in [3.8, 4) is 0 Å². The predicted octanol–water partition coefficient (Wildman–Crippen LogP) is 1.77.